The van der Waals surface area contributed by atoms with Crippen LogP contribution in [0.25, 0.3) is 0 Å². The number of rotatable bonds is 6. The molecule has 90 valence electrons. The molecule has 0 aliphatic rings. The third-order valence-electron chi connectivity index (χ3n) is 1.87. The summed E-state index contributed by atoms with van der Waals surface area (Å²) >= 11 is 0. The molecule has 16 heavy (non-hydrogen) atoms. The van der Waals surface area contributed by atoms with E-state index in [2.05, 4.69) is 16.6 Å². The first-order chi connectivity index (χ1) is 7.54. The van der Waals surface area contributed by atoms with E-state index in [1.807, 2.05) is 6.92 Å². The number of hydrogen-bond acceptors (Lipinski definition) is 3. The first kappa shape index (κ1) is 14.3. The van der Waals surface area contributed by atoms with Gasteiger partial charge in [-0.1, -0.05) is 19.3 Å². The summed E-state index contributed by atoms with van der Waals surface area (Å²) in [4.78, 5) is 21.8. The molecule has 0 aromatic heterocycles. The zero-order valence-corrected chi connectivity index (χ0v) is 9.06. The first-order valence-corrected chi connectivity index (χ1v) is 4.92. The van der Waals surface area contributed by atoms with Gasteiger partial charge in [0.25, 0.3) is 0 Å². The fourth-order valence-corrected chi connectivity index (χ4v) is 1.03. The van der Waals surface area contributed by atoms with Crippen LogP contribution in [-0.4, -0.2) is 40.9 Å². The highest BCUT2D eigenvalue weighted by atomic mass is 16.4. The van der Waals surface area contributed by atoms with E-state index in [0.29, 0.717) is 6.42 Å². The molecule has 0 aromatic carbocycles. The Morgan fingerprint density at radius 1 is 1.44 bits per heavy atom. The molecule has 0 aromatic rings. The fraction of sp³-hybridized carbons (Fsp3) is 0.600. The topological polar surface area (TPSA) is 98.7 Å². The summed E-state index contributed by atoms with van der Waals surface area (Å²) in [5.41, 5.74) is 0. The van der Waals surface area contributed by atoms with Crippen LogP contribution in [-0.2, 0) is 4.79 Å². The van der Waals surface area contributed by atoms with Crippen LogP contribution in [0.4, 0.5) is 4.79 Å². The smallest absolute Gasteiger partial charge is 0.328 e. The molecule has 0 rings (SSSR count). The van der Waals surface area contributed by atoms with Crippen molar-refractivity contribution >= 4 is 12.0 Å². The summed E-state index contributed by atoms with van der Waals surface area (Å²) in [7, 11) is 0. The van der Waals surface area contributed by atoms with Crippen molar-refractivity contribution in [3.8, 4) is 12.3 Å². The minimum Gasteiger partial charge on any atom is -0.480 e. The Labute approximate surface area is 94.0 Å². The maximum absolute atomic E-state index is 11.3. The van der Waals surface area contributed by atoms with E-state index in [1.54, 1.807) is 0 Å². The molecule has 1 unspecified atom stereocenters. The van der Waals surface area contributed by atoms with Crippen molar-refractivity contribution in [1.82, 2.24) is 10.6 Å². The number of aliphatic hydroxyl groups excluding tert-OH is 1. The average Bonchev–Trinajstić information content (AvgIpc) is 2.24. The molecule has 0 bridgehead atoms. The lowest BCUT2D eigenvalue weighted by Crippen LogP contribution is -2.50. The number of carbonyl (C=O) groups excluding carboxylic acids is 1. The van der Waals surface area contributed by atoms with Crippen molar-refractivity contribution in [2.45, 2.75) is 31.8 Å². The van der Waals surface area contributed by atoms with E-state index >= 15 is 0 Å². The molecule has 2 amide bonds. The van der Waals surface area contributed by atoms with Crippen LogP contribution in [0.1, 0.15) is 19.8 Å². The third kappa shape index (κ3) is 5.22. The van der Waals surface area contributed by atoms with Gasteiger partial charge in [0.1, 0.15) is 0 Å². The first-order valence-electron chi connectivity index (χ1n) is 4.92. The Morgan fingerprint density at radius 3 is 2.44 bits per heavy atom. The molecule has 0 radical (unpaired) electrons. The number of carboxylic acids is 1. The summed E-state index contributed by atoms with van der Waals surface area (Å²) in [5.74, 6) is 1.07. The number of aliphatic carboxylic acids is 1. The molecule has 0 aliphatic heterocycles. The predicted molar refractivity (Wildman–Crippen MR) is 57.7 cm³/mol. The standard InChI is InChI=1S/C10H16N2O4/c1-3-5-7(4-2)11-10(16)12-8(6-13)9(14)15/h2,7-8,13H,3,5-6H2,1H3,(H,14,15)(H2,11,12,16)/t7?,8-/m1/s1. The van der Waals surface area contributed by atoms with Gasteiger partial charge in [0, 0.05) is 0 Å². The number of nitrogens with one attached hydrogen (secondary N) is 2. The van der Waals surface area contributed by atoms with E-state index < -0.39 is 30.7 Å². The van der Waals surface area contributed by atoms with Crippen LogP contribution in [0.5, 0.6) is 0 Å². The Hall–Kier alpha value is -1.74. The van der Waals surface area contributed by atoms with Gasteiger partial charge in [0.05, 0.1) is 12.6 Å². The highest BCUT2D eigenvalue weighted by Gasteiger charge is 2.19. The molecule has 0 saturated carbocycles. The lowest BCUT2D eigenvalue weighted by atomic mass is 10.2. The van der Waals surface area contributed by atoms with E-state index in [1.165, 1.54) is 0 Å². The number of terminal acetylenes is 1. The Morgan fingerprint density at radius 2 is 2.06 bits per heavy atom. The van der Waals surface area contributed by atoms with Crippen molar-refractivity contribution in [2.24, 2.45) is 0 Å². The van der Waals surface area contributed by atoms with E-state index in [4.69, 9.17) is 16.6 Å². The van der Waals surface area contributed by atoms with Crippen molar-refractivity contribution in [3.63, 3.8) is 0 Å². The van der Waals surface area contributed by atoms with Gasteiger partial charge in [-0.3, -0.25) is 0 Å². The van der Waals surface area contributed by atoms with Gasteiger partial charge in [-0.05, 0) is 6.42 Å². The lowest BCUT2D eigenvalue weighted by molar-refractivity contribution is -0.140. The second kappa shape index (κ2) is 7.54. The quantitative estimate of drug-likeness (QED) is 0.462. The van der Waals surface area contributed by atoms with E-state index in [-0.39, 0.29) is 0 Å². The molecular formula is C10H16N2O4. The molecular weight excluding hydrogens is 212 g/mol. The van der Waals surface area contributed by atoms with E-state index in [9.17, 15) is 9.59 Å². The molecule has 0 saturated heterocycles. The minimum atomic E-state index is -1.32. The molecule has 0 heterocycles. The number of carboxylic acid groups (broad SMARTS) is 1. The molecule has 0 spiro atoms. The predicted octanol–water partition coefficient (Wildman–Crippen LogP) is -0.467. The summed E-state index contributed by atoms with van der Waals surface area (Å²) in [6, 6.07) is -2.45. The summed E-state index contributed by atoms with van der Waals surface area (Å²) in [6.07, 6.45) is 6.59. The molecule has 0 fully saturated rings. The number of hydrogen-bond donors (Lipinski definition) is 4. The molecule has 0 aliphatic carbocycles. The van der Waals surface area contributed by atoms with Gasteiger partial charge >= 0.3 is 12.0 Å². The zero-order valence-electron chi connectivity index (χ0n) is 9.06. The Kier molecular flexibility index (Phi) is 6.72. The number of amides is 2. The maximum Gasteiger partial charge on any atom is 0.328 e. The lowest BCUT2D eigenvalue weighted by Gasteiger charge is -2.15. The monoisotopic (exact) mass is 228 g/mol. The highest BCUT2D eigenvalue weighted by Crippen LogP contribution is 1.94. The van der Waals surface area contributed by atoms with Gasteiger partial charge in [-0.25, -0.2) is 9.59 Å². The van der Waals surface area contributed by atoms with Gasteiger partial charge in [-0.15, -0.1) is 6.42 Å². The second-order valence-electron chi connectivity index (χ2n) is 3.20. The zero-order chi connectivity index (χ0) is 12.6. The third-order valence-corrected chi connectivity index (χ3v) is 1.87. The number of carbonyl (C=O) groups is 2. The molecule has 6 nitrogen and oxygen atoms in total. The second-order valence-corrected chi connectivity index (χ2v) is 3.20. The largest absolute Gasteiger partial charge is 0.480 e. The highest BCUT2D eigenvalue weighted by molar-refractivity contribution is 5.82. The minimum absolute atomic E-state index is 0.432. The fourth-order valence-electron chi connectivity index (χ4n) is 1.03. The Balaban J connectivity index is 4.16. The normalized spacial score (nSPS) is 13.3. The SMILES string of the molecule is C#CC(CCC)NC(=O)N[C@H](CO)C(=O)O. The maximum atomic E-state index is 11.3. The van der Waals surface area contributed by atoms with Gasteiger partial charge in [0.2, 0.25) is 0 Å². The van der Waals surface area contributed by atoms with Crippen LogP contribution in [0.15, 0.2) is 0 Å². The molecule has 6 heteroatoms. The average molecular weight is 228 g/mol. The number of aliphatic hydroxyl groups is 1. The van der Waals surface area contributed by atoms with Crippen LogP contribution >= 0.6 is 0 Å². The Bertz CT molecular complexity index is 285. The molecule has 4 N–H and O–H groups in total. The van der Waals surface area contributed by atoms with Crippen LogP contribution in [0, 0.1) is 12.3 Å². The molecule has 2 atom stereocenters. The van der Waals surface area contributed by atoms with Crippen LogP contribution < -0.4 is 10.6 Å². The van der Waals surface area contributed by atoms with Crippen LogP contribution in [0.2, 0.25) is 0 Å². The number of urea groups is 1. The van der Waals surface area contributed by atoms with E-state index in [0.717, 1.165) is 6.42 Å². The summed E-state index contributed by atoms with van der Waals surface area (Å²) < 4.78 is 0. The van der Waals surface area contributed by atoms with Crippen molar-refractivity contribution in [3.05, 3.63) is 0 Å². The summed E-state index contributed by atoms with van der Waals surface area (Å²) in [5, 5.41) is 21.8. The van der Waals surface area contributed by atoms with Crippen LogP contribution in [0.3, 0.4) is 0 Å². The van der Waals surface area contributed by atoms with Gasteiger partial charge in [0.15, 0.2) is 6.04 Å². The van der Waals surface area contributed by atoms with Crippen molar-refractivity contribution in [2.75, 3.05) is 6.61 Å². The van der Waals surface area contributed by atoms with Gasteiger partial charge < -0.3 is 20.8 Å². The van der Waals surface area contributed by atoms with Crippen molar-refractivity contribution < 1.29 is 19.8 Å². The van der Waals surface area contributed by atoms with Gasteiger partial charge in [-0.2, -0.15) is 0 Å². The summed E-state index contributed by atoms with van der Waals surface area (Å²) in [6.45, 7) is 1.24. The van der Waals surface area contributed by atoms with Crippen molar-refractivity contribution in [1.29, 1.82) is 0 Å².